The SMILES string of the molecule is CCOc1cc(C=CC(=O)Nc2nccs2)ccc1OCc1ccccc1. The van der Waals surface area contributed by atoms with Gasteiger partial charge in [0.1, 0.15) is 6.61 Å². The molecule has 0 fully saturated rings. The van der Waals surface area contributed by atoms with Crippen molar-refractivity contribution in [2.75, 3.05) is 11.9 Å². The zero-order chi connectivity index (χ0) is 18.9. The summed E-state index contributed by atoms with van der Waals surface area (Å²) in [5.74, 6) is 1.09. The van der Waals surface area contributed by atoms with Gasteiger partial charge in [-0.2, -0.15) is 0 Å². The van der Waals surface area contributed by atoms with Crippen molar-refractivity contribution in [2.45, 2.75) is 13.5 Å². The molecule has 6 heteroatoms. The van der Waals surface area contributed by atoms with E-state index in [2.05, 4.69) is 10.3 Å². The quantitative estimate of drug-likeness (QED) is 0.572. The molecule has 0 aliphatic heterocycles. The number of nitrogens with zero attached hydrogens (tertiary/aromatic N) is 1. The number of carbonyl (C=O) groups is 1. The lowest BCUT2D eigenvalue weighted by molar-refractivity contribution is -0.111. The van der Waals surface area contributed by atoms with Crippen molar-refractivity contribution < 1.29 is 14.3 Å². The second kappa shape index (κ2) is 9.54. The monoisotopic (exact) mass is 380 g/mol. The van der Waals surface area contributed by atoms with E-state index in [1.54, 1.807) is 12.3 Å². The Morgan fingerprint density at radius 2 is 2.00 bits per heavy atom. The van der Waals surface area contributed by atoms with Crippen LogP contribution >= 0.6 is 11.3 Å². The number of rotatable bonds is 8. The Hall–Kier alpha value is -3.12. The van der Waals surface area contributed by atoms with Crippen LogP contribution in [-0.4, -0.2) is 17.5 Å². The first-order valence-corrected chi connectivity index (χ1v) is 9.44. The molecule has 3 rings (SSSR count). The van der Waals surface area contributed by atoms with Crippen LogP contribution in [-0.2, 0) is 11.4 Å². The standard InChI is InChI=1S/C21H20N2O3S/c1-2-25-19-14-16(9-11-20(24)23-21-22-12-13-27-21)8-10-18(19)26-15-17-6-4-3-5-7-17/h3-14H,2,15H2,1H3,(H,22,23,24). The summed E-state index contributed by atoms with van der Waals surface area (Å²) in [7, 11) is 0. The van der Waals surface area contributed by atoms with Gasteiger partial charge in [0.05, 0.1) is 6.61 Å². The number of nitrogens with one attached hydrogen (secondary N) is 1. The van der Waals surface area contributed by atoms with Crippen LogP contribution in [0.4, 0.5) is 5.13 Å². The minimum atomic E-state index is -0.229. The van der Waals surface area contributed by atoms with Crippen LogP contribution < -0.4 is 14.8 Å². The second-order valence-corrected chi connectivity index (χ2v) is 6.47. The highest BCUT2D eigenvalue weighted by Crippen LogP contribution is 2.29. The Bertz CT molecular complexity index is 893. The molecule has 2 aromatic carbocycles. The number of amides is 1. The molecular formula is C21H20N2O3S. The third-order valence-electron chi connectivity index (χ3n) is 3.59. The van der Waals surface area contributed by atoms with Gasteiger partial charge in [-0.25, -0.2) is 4.98 Å². The molecule has 0 aliphatic carbocycles. The zero-order valence-corrected chi connectivity index (χ0v) is 15.7. The van der Waals surface area contributed by atoms with Gasteiger partial charge in [0.25, 0.3) is 0 Å². The van der Waals surface area contributed by atoms with Gasteiger partial charge >= 0.3 is 0 Å². The van der Waals surface area contributed by atoms with Crippen LogP contribution in [0.3, 0.4) is 0 Å². The van der Waals surface area contributed by atoms with Crippen LogP contribution in [0.2, 0.25) is 0 Å². The number of ether oxygens (including phenoxy) is 2. The fourth-order valence-electron chi connectivity index (χ4n) is 2.36. The predicted molar refractivity (Wildman–Crippen MR) is 108 cm³/mol. The van der Waals surface area contributed by atoms with Gasteiger partial charge in [-0.3, -0.25) is 10.1 Å². The number of carbonyl (C=O) groups excluding carboxylic acids is 1. The summed E-state index contributed by atoms with van der Waals surface area (Å²) < 4.78 is 11.6. The third-order valence-corrected chi connectivity index (χ3v) is 4.28. The van der Waals surface area contributed by atoms with Gasteiger partial charge in [-0.05, 0) is 36.3 Å². The van der Waals surface area contributed by atoms with Crippen molar-refractivity contribution in [3.05, 3.63) is 77.3 Å². The smallest absolute Gasteiger partial charge is 0.250 e. The summed E-state index contributed by atoms with van der Waals surface area (Å²) in [4.78, 5) is 16.0. The average Bonchev–Trinajstić information content (AvgIpc) is 3.19. The number of anilines is 1. The highest BCUT2D eigenvalue weighted by atomic mass is 32.1. The molecule has 1 aromatic heterocycles. The highest BCUT2D eigenvalue weighted by Gasteiger charge is 2.07. The van der Waals surface area contributed by atoms with Crippen LogP contribution in [0.5, 0.6) is 11.5 Å². The van der Waals surface area contributed by atoms with E-state index in [9.17, 15) is 4.79 Å². The number of thiazole rings is 1. The Labute approximate surface area is 162 Å². The van der Waals surface area contributed by atoms with Crippen molar-refractivity contribution in [2.24, 2.45) is 0 Å². The summed E-state index contributed by atoms with van der Waals surface area (Å²) in [6.45, 7) is 2.91. The topological polar surface area (TPSA) is 60.5 Å². The molecule has 0 radical (unpaired) electrons. The van der Waals surface area contributed by atoms with E-state index in [4.69, 9.17) is 9.47 Å². The van der Waals surface area contributed by atoms with E-state index in [1.807, 2.05) is 60.8 Å². The van der Waals surface area contributed by atoms with Gasteiger partial charge in [0, 0.05) is 17.7 Å². The first-order chi connectivity index (χ1) is 13.2. The first-order valence-electron chi connectivity index (χ1n) is 8.56. The summed E-state index contributed by atoms with van der Waals surface area (Å²) in [6.07, 6.45) is 4.84. The number of aromatic nitrogens is 1. The van der Waals surface area contributed by atoms with E-state index in [0.29, 0.717) is 29.8 Å². The molecule has 27 heavy (non-hydrogen) atoms. The van der Waals surface area contributed by atoms with Gasteiger partial charge in [0.2, 0.25) is 5.91 Å². The lowest BCUT2D eigenvalue weighted by atomic mass is 10.2. The Morgan fingerprint density at radius 1 is 1.15 bits per heavy atom. The van der Waals surface area contributed by atoms with Crippen LogP contribution in [0.15, 0.2) is 66.2 Å². The molecule has 5 nitrogen and oxygen atoms in total. The first kappa shape index (κ1) is 18.7. The summed E-state index contributed by atoms with van der Waals surface area (Å²) in [5.41, 5.74) is 1.93. The molecule has 0 unspecified atom stereocenters. The molecule has 3 aromatic rings. The van der Waals surface area contributed by atoms with E-state index >= 15 is 0 Å². The van der Waals surface area contributed by atoms with E-state index in [0.717, 1.165) is 11.1 Å². The lowest BCUT2D eigenvalue weighted by Crippen LogP contribution is -2.07. The Morgan fingerprint density at radius 3 is 2.74 bits per heavy atom. The zero-order valence-electron chi connectivity index (χ0n) is 14.9. The lowest BCUT2D eigenvalue weighted by Gasteiger charge is -2.12. The summed E-state index contributed by atoms with van der Waals surface area (Å²) in [6, 6.07) is 15.6. The molecule has 0 bridgehead atoms. The maximum absolute atomic E-state index is 11.9. The van der Waals surface area contributed by atoms with Crippen LogP contribution in [0, 0.1) is 0 Å². The van der Waals surface area contributed by atoms with Crippen molar-refractivity contribution in [3.63, 3.8) is 0 Å². The van der Waals surface area contributed by atoms with Gasteiger partial charge in [-0.1, -0.05) is 36.4 Å². The average molecular weight is 380 g/mol. The fourth-order valence-corrected chi connectivity index (χ4v) is 2.89. The number of benzene rings is 2. The Balaban J connectivity index is 1.66. The highest BCUT2D eigenvalue weighted by molar-refractivity contribution is 7.13. The van der Waals surface area contributed by atoms with Crippen molar-refractivity contribution >= 4 is 28.5 Å². The summed E-state index contributed by atoms with van der Waals surface area (Å²) >= 11 is 1.37. The van der Waals surface area contributed by atoms with Crippen molar-refractivity contribution in [3.8, 4) is 11.5 Å². The number of hydrogen-bond donors (Lipinski definition) is 1. The van der Waals surface area contributed by atoms with Gasteiger partial charge in [0.15, 0.2) is 16.6 Å². The number of hydrogen-bond acceptors (Lipinski definition) is 5. The predicted octanol–water partition coefficient (Wildman–Crippen LogP) is 4.77. The molecule has 0 atom stereocenters. The molecule has 1 N–H and O–H groups in total. The normalized spacial score (nSPS) is 10.7. The van der Waals surface area contributed by atoms with E-state index < -0.39 is 0 Å². The van der Waals surface area contributed by atoms with E-state index in [-0.39, 0.29) is 5.91 Å². The molecule has 138 valence electrons. The third kappa shape index (κ3) is 5.69. The van der Waals surface area contributed by atoms with Crippen LogP contribution in [0.1, 0.15) is 18.1 Å². The van der Waals surface area contributed by atoms with Crippen molar-refractivity contribution in [1.82, 2.24) is 4.98 Å². The van der Waals surface area contributed by atoms with Crippen LogP contribution in [0.25, 0.3) is 6.08 Å². The van der Waals surface area contributed by atoms with Gasteiger partial charge < -0.3 is 9.47 Å². The molecule has 0 saturated heterocycles. The molecule has 0 aliphatic rings. The van der Waals surface area contributed by atoms with E-state index in [1.165, 1.54) is 17.4 Å². The van der Waals surface area contributed by atoms with Crippen molar-refractivity contribution in [1.29, 1.82) is 0 Å². The maximum atomic E-state index is 11.9. The summed E-state index contributed by atoms with van der Waals surface area (Å²) in [5, 5.41) is 5.09. The minimum Gasteiger partial charge on any atom is -0.490 e. The van der Waals surface area contributed by atoms with Gasteiger partial charge in [-0.15, -0.1) is 11.3 Å². The molecule has 1 heterocycles. The second-order valence-electron chi connectivity index (χ2n) is 5.57. The largest absolute Gasteiger partial charge is 0.490 e. The Kier molecular flexibility index (Phi) is 6.60. The molecule has 0 saturated carbocycles. The molecule has 0 spiro atoms. The minimum absolute atomic E-state index is 0.229. The fraction of sp³-hybridized carbons (Fsp3) is 0.143. The maximum Gasteiger partial charge on any atom is 0.250 e. The molecular weight excluding hydrogens is 360 g/mol. The molecule has 1 amide bonds.